The van der Waals surface area contributed by atoms with Crippen LogP contribution in [-0.4, -0.2) is 28.9 Å². The van der Waals surface area contributed by atoms with Crippen molar-refractivity contribution in [2.75, 3.05) is 5.32 Å². The van der Waals surface area contributed by atoms with Crippen molar-refractivity contribution in [3.63, 3.8) is 0 Å². The minimum Gasteiger partial charge on any atom is -0.444 e. The fourth-order valence-corrected chi connectivity index (χ4v) is 2.11. The molecule has 0 aliphatic rings. The van der Waals surface area contributed by atoms with E-state index in [9.17, 15) is 18.8 Å². The molecule has 0 fully saturated rings. The zero-order valence-corrected chi connectivity index (χ0v) is 15.7. The topological polar surface area (TPSA) is 84.5 Å². The lowest BCUT2D eigenvalue weighted by Crippen LogP contribution is -2.51. The highest BCUT2D eigenvalue weighted by Gasteiger charge is 2.34. The van der Waals surface area contributed by atoms with E-state index < -0.39 is 34.7 Å². The molecule has 0 aromatic heterocycles. The number of hydrogen-bond acceptors (Lipinski definition) is 4. The van der Waals surface area contributed by atoms with Crippen LogP contribution < -0.4 is 10.6 Å². The Bertz CT molecular complexity index is 706. The number of halogens is 1. The first-order valence-electron chi connectivity index (χ1n) is 7.86. The number of carbonyl (C=O) groups is 3. The molecular weight excluding hydrogens is 327 g/mol. The van der Waals surface area contributed by atoms with Crippen molar-refractivity contribution >= 4 is 23.5 Å². The van der Waals surface area contributed by atoms with Crippen LogP contribution in [0.5, 0.6) is 0 Å². The first-order valence-corrected chi connectivity index (χ1v) is 7.86. The van der Waals surface area contributed by atoms with Gasteiger partial charge in [-0.15, -0.1) is 0 Å². The summed E-state index contributed by atoms with van der Waals surface area (Å²) in [5, 5.41) is 4.95. The molecule has 0 unspecified atom stereocenters. The van der Waals surface area contributed by atoms with Crippen LogP contribution in [0.25, 0.3) is 0 Å². The highest BCUT2D eigenvalue weighted by atomic mass is 19.1. The number of ether oxygens (including phenoxy) is 1. The number of amides is 2. The number of anilines is 1. The van der Waals surface area contributed by atoms with Gasteiger partial charge in [0, 0.05) is 12.5 Å². The smallest absolute Gasteiger partial charge is 0.408 e. The summed E-state index contributed by atoms with van der Waals surface area (Å²) in [5.41, 5.74) is -1.61. The Morgan fingerprint density at radius 3 is 2.12 bits per heavy atom. The van der Waals surface area contributed by atoms with Crippen LogP contribution in [0.3, 0.4) is 0 Å². The van der Waals surface area contributed by atoms with Gasteiger partial charge in [-0.1, -0.05) is 0 Å². The van der Waals surface area contributed by atoms with E-state index in [0.29, 0.717) is 0 Å². The number of hydrogen-bond donors (Lipinski definition) is 2. The third-order valence-electron chi connectivity index (χ3n) is 3.24. The van der Waals surface area contributed by atoms with Gasteiger partial charge in [0.15, 0.2) is 5.78 Å². The molecule has 0 radical (unpaired) electrons. The van der Waals surface area contributed by atoms with E-state index >= 15 is 0 Å². The van der Waals surface area contributed by atoms with Crippen LogP contribution in [0.1, 0.15) is 57.5 Å². The van der Waals surface area contributed by atoms with Crippen LogP contribution in [0.2, 0.25) is 0 Å². The van der Waals surface area contributed by atoms with Crippen LogP contribution in [0, 0.1) is 12.7 Å². The van der Waals surface area contributed by atoms with Gasteiger partial charge >= 0.3 is 6.09 Å². The number of carbonyl (C=O) groups excluding carboxylic acids is 3. The fraction of sp³-hybridized carbons (Fsp3) is 0.500. The van der Waals surface area contributed by atoms with Crippen molar-refractivity contribution in [1.82, 2.24) is 5.32 Å². The first-order chi connectivity index (χ1) is 11.2. The fourth-order valence-electron chi connectivity index (χ4n) is 2.11. The van der Waals surface area contributed by atoms with Gasteiger partial charge in [-0.2, -0.15) is 0 Å². The molecule has 25 heavy (non-hydrogen) atoms. The summed E-state index contributed by atoms with van der Waals surface area (Å²) >= 11 is 0. The molecule has 0 saturated carbocycles. The monoisotopic (exact) mass is 352 g/mol. The van der Waals surface area contributed by atoms with E-state index in [2.05, 4.69) is 10.6 Å². The molecule has 6 nitrogen and oxygen atoms in total. The molecule has 138 valence electrons. The van der Waals surface area contributed by atoms with Gasteiger partial charge < -0.3 is 15.4 Å². The Hall–Kier alpha value is -2.44. The Balaban J connectivity index is 3.17. The van der Waals surface area contributed by atoms with Crippen LogP contribution >= 0.6 is 0 Å². The summed E-state index contributed by atoms with van der Waals surface area (Å²) < 4.78 is 19.0. The highest BCUT2D eigenvalue weighted by molar-refractivity contribution is 6.10. The Labute approximate surface area is 147 Å². The second-order valence-corrected chi connectivity index (χ2v) is 7.41. The van der Waals surface area contributed by atoms with Gasteiger partial charge in [-0.25, -0.2) is 9.18 Å². The Morgan fingerprint density at radius 1 is 1.08 bits per heavy atom. The second-order valence-electron chi connectivity index (χ2n) is 7.41. The Morgan fingerprint density at radius 2 is 1.64 bits per heavy atom. The summed E-state index contributed by atoms with van der Waals surface area (Å²) in [5.74, 6) is -1.46. The molecular formula is C18H25FN2O4. The third-order valence-corrected chi connectivity index (χ3v) is 3.24. The molecule has 2 amide bonds. The number of nitrogens with one attached hydrogen (secondary N) is 2. The van der Waals surface area contributed by atoms with Crippen LogP contribution in [0.4, 0.5) is 14.9 Å². The van der Waals surface area contributed by atoms with E-state index in [-0.39, 0.29) is 16.8 Å². The average molecular weight is 352 g/mol. The molecule has 0 aliphatic carbocycles. The normalized spacial score (nSPS) is 11.7. The van der Waals surface area contributed by atoms with Crippen LogP contribution in [0.15, 0.2) is 12.1 Å². The molecule has 0 spiro atoms. The van der Waals surface area contributed by atoms with Gasteiger partial charge in [-0.3, -0.25) is 9.59 Å². The molecule has 2 N–H and O–H groups in total. The van der Waals surface area contributed by atoms with Gasteiger partial charge in [0.2, 0.25) is 5.91 Å². The van der Waals surface area contributed by atoms with Gasteiger partial charge in [0.05, 0.1) is 5.69 Å². The number of aryl methyl sites for hydroxylation is 1. The predicted octanol–water partition coefficient (Wildman–Crippen LogP) is 3.58. The lowest BCUT2D eigenvalue weighted by atomic mass is 9.91. The summed E-state index contributed by atoms with van der Waals surface area (Å²) in [7, 11) is 0. The molecule has 0 aliphatic heterocycles. The molecule has 7 heteroatoms. The summed E-state index contributed by atoms with van der Waals surface area (Å²) in [6.07, 6.45) is -0.745. The van der Waals surface area contributed by atoms with Gasteiger partial charge in [0.25, 0.3) is 0 Å². The number of rotatable bonds is 4. The number of ketones is 1. The zero-order valence-electron chi connectivity index (χ0n) is 15.7. The summed E-state index contributed by atoms with van der Waals surface area (Å²) in [6, 6.07) is 2.44. The number of alkyl carbamates (subject to hydrolysis) is 1. The number of benzene rings is 1. The van der Waals surface area contributed by atoms with Crippen molar-refractivity contribution in [3.8, 4) is 0 Å². The second kappa shape index (κ2) is 7.21. The maximum Gasteiger partial charge on any atom is 0.408 e. The molecule has 0 atom stereocenters. The van der Waals surface area contributed by atoms with Crippen molar-refractivity contribution < 1.29 is 23.5 Å². The molecule has 1 rings (SSSR count). The van der Waals surface area contributed by atoms with E-state index in [4.69, 9.17) is 4.74 Å². The van der Waals surface area contributed by atoms with E-state index in [1.54, 1.807) is 20.8 Å². The molecule has 0 bridgehead atoms. The third kappa shape index (κ3) is 5.85. The quantitative estimate of drug-likeness (QED) is 0.811. The lowest BCUT2D eigenvalue weighted by molar-refractivity contribution is -0.114. The average Bonchev–Trinajstić information content (AvgIpc) is 2.38. The van der Waals surface area contributed by atoms with E-state index in [0.717, 1.165) is 6.07 Å². The predicted molar refractivity (Wildman–Crippen MR) is 93.2 cm³/mol. The van der Waals surface area contributed by atoms with Crippen LogP contribution in [-0.2, 0) is 9.53 Å². The first kappa shape index (κ1) is 20.6. The maximum absolute atomic E-state index is 13.8. The summed E-state index contributed by atoms with van der Waals surface area (Å²) in [4.78, 5) is 36.2. The largest absolute Gasteiger partial charge is 0.444 e. The highest BCUT2D eigenvalue weighted by Crippen LogP contribution is 2.25. The van der Waals surface area contributed by atoms with Crippen molar-refractivity contribution in [2.45, 2.75) is 59.6 Å². The lowest BCUT2D eigenvalue weighted by Gasteiger charge is -2.28. The molecule has 0 saturated heterocycles. The van der Waals surface area contributed by atoms with Crippen molar-refractivity contribution in [3.05, 3.63) is 29.1 Å². The van der Waals surface area contributed by atoms with E-state index in [1.165, 1.54) is 33.8 Å². The van der Waals surface area contributed by atoms with Crippen molar-refractivity contribution in [1.29, 1.82) is 0 Å². The summed E-state index contributed by atoms with van der Waals surface area (Å²) in [6.45, 7) is 10.9. The SMILES string of the molecule is CC(=O)Nc1cc(F)c(C)cc1C(=O)C(C)(C)NC(=O)OC(C)(C)C. The minimum absolute atomic E-state index is 0.0552. The molecule has 0 heterocycles. The Kier molecular flexibility index (Phi) is 5.94. The minimum atomic E-state index is -1.32. The van der Waals surface area contributed by atoms with Gasteiger partial charge in [-0.05, 0) is 59.2 Å². The standard InChI is InChI=1S/C18H25FN2O4/c1-10-8-12(14(9-13(10)19)20-11(2)22)15(23)18(6,7)21-16(24)25-17(3,4)5/h8-9H,1-7H3,(H,20,22)(H,21,24). The van der Waals surface area contributed by atoms with E-state index in [1.807, 2.05) is 0 Å². The number of Topliss-reactive ketones (excluding diaryl/α,β-unsaturated/α-hetero) is 1. The van der Waals surface area contributed by atoms with Gasteiger partial charge in [0.1, 0.15) is 17.0 Å². The zero-order chi connectivity index (χ0) is 19.6. The molecule has 1 aromatic rings. The molecule has 1 aromatic carbocycles. The maximum atomic E-state index is 13.8. The van der Waals surface area contributed by atoms with Crippen molar-refractivity contribution in [2.24, 2.45) is 0 Å².